The number of rotatable bonds is 11. The molecule has 4 aromatic rings. The molecule has 0 radical (unpaired) electrons. The zero-order chi connectivity index (χ0) is 32.4. The largest absolute Gasteiger partial charge is 0.460 e. The maximum absolute atomic E-state index is 14.1. The molecule has 43 heavy (non-hydrogen) atoms. The van der Waals surface area contributed by atoms with Crippen LogP contribution in [0.3, 0.4) is 0 Å². The number of esters is 1. The standard InChI is InChI=1S/C28H29N6O8P/c1-18(27(37)39-14-19-8-4-2-5-9-19)33-43(38,42-20-10-6-3-7-11-20)40-15-22-24(35)25(36)28(16-29,41-22)23-13-12-21-26(30)31-17-32-34(21)23/h2-13,17-18,22,24-25,35-36H,14-15H2,1H3,(H,33,38)(H2,30,31,32)/t18-,22+,24+,25+,28-,43-/m0/s1/i15D2. The number of nitriles is 1. The van der Waals surface area contributed by atoms with Gasteiger partial charge < -0.3 is 29.9 Å². The molecule has 0 amide bonds. The normalized spacial score (nSPS) is 24.7. The van der Waals surface area contributed by atoms with Gasteiger partial charge in [0.05, 0.1) is 15.0 Å². The highest BCUT2D eigenvalue weighted by Gasteiger charge is 2.58. The molecule has 0 unspecified atom stereocenters. The smallest absolute Gasteiger partial charge is 0.459 e. The summed E-state index contributed by atoms with van der Waals surface area (Å²) in [5.41, 5.74) is 4.38. The van der Waals surface area contributed by atoms with Crippen LogP contribution in [-0.4, -0.2) is 61.7 Å². The first kappa shape index (κ1) is 27.5. The Kier molecular flexibility index (Phi) is 7.98. The molecule has 224 valence electrons. The molecule has 5 rings (SSSR count). The van der Waals surface area contributed by atoms with Crippen molar-refractivity contribution in [2.24, 2.45) is 0 Å². The molecule has 0 aliphatic carbocycles. The second-order valence-corrected chi connectivity index (χ2v) is 11.2. The van der Waals surface area contributed by atoms with E-state index in [9.17, 15) is 24.8 Å². The number of nitrogens with one attached hydrogen (secondary N) is 1. The lowest BCUT2D eigenvalue weighted by Gasteiger charge is -2.25. The molecule has 1 saturated heterocycles. The van der Waals surface area contributed by atoms with Crippen LogP contribution in [0.1, 0.15) is 20.9 Å². The summed E-state index contributed by atoms with van der Waals surface area (Å²) in [7, 11) is -4.85. The maximum Gasteiger partial charge on any atom is 0.459 e. The van der Waals surface area contributed by atoms with E-state index in [1.54, 1.807) is 54.6 Å². The average Bonchev–Trinajstić information content (AvgIpc) is 3.57. The van der Waals surface area contributed by atoms with E-state index in [1.807, 2.05) is 0 Å². The highest BCUT2D eigenvalue weighted by atomic mass is 31.2. The Balaban J connectivity index is 1.41. The molecule has 0 spiro atoms. The van der Waals surface area contributed by atoms with Gasteiger partial charge in [-0.15, -0.1) is 0 Å². The number of nitrogens with two attached hydrogens (primary N) is 1. The predicted molar refractivity (Wildman–Crippen MR) is 151 cm³/mol. The number of carbonyl (C=O) groups is 1. The molecule has 5 N–H and O–H groups in total. The third kappa shape index (κ3) is 6.23. The van der Waals surface area contributed by atoms with Gasteiger partial charge in [0.25, 0.3) is 0 Å². The van der Waals surface area contributed by atoms with Crippen LogP contribution in [0, 0.1) is 11.3 Å². The van der Waals surface area contributed by atoms with Crippen molar-refractivity contribution in [3.8, 4) is 11.8 Å². The van der Waals surface area contributed by atoms with Crippen LogP contribution in [-0.2, 0) is 35.6 Å². The first-order valence-corrected chi connectivity index (χ1v) is 14.5. The third-order valence-corrected chi connectivity index (χ3v) is 8.08. The Morgan fingerprint density at radius 1 is 1.23 bits per heavy atom. The van der Waals surface area contributed by atoms with Crippen LogP contribution >= 0.6 is 7.75 Å². The number of anilines is 1. The zero-order valence-electron chi connectivity index (χ0n) is 24.7. The summed E-state index contributed by atoms with van der Waals surface area (Å²) in [6.45, 7) is -1.98. The number of ether oxygens (including phenoxy) is 2. The summed E-state index contributed by atoms with van der Waals surface area (Å²) in [5.74, 6) is -0.809. The minimum absolute atomic E-state index is 0.00907. The van der Waals surface area contributed by atoms with Gasteiger partial charge in [0.2, 0.25) is 5.60 Å². The van der Waals surface area contributed by atoms with Crippen LogP contribution in [0.5, 0.6) is 5.75 Å². The van der Waals surface area contributed by atoms with Gasteiger partial charge in [-0.1, -0.05) is 48.5 Å². The number of fused-ring (bicyclic) bond motifs is 1. The van der Waals surface area contributed by atoms with E-state index >= 15 is 0 Å². The Morgan fingerprint density at radius 3 is 2.63 bits per heavy atom. The van der Waals surface area contributed by atoms with E-state index in [1.165, 1.54) is 31.2 Å². The summed E-state index contributed by atoms with van der Waals surface area (Å²) >= 11 is 0. The van der Waals surface area contributed by atoms with E-state index in [-0.39, 0.29) is 29.4 Å². The second-order valence-electron chi connectivity index (χ2n) is 9.54. The third-order valence-electron chi connectivity index (χ3n) is 6.58. The number of benzene rings is 2. The van der Waals surface area contributed by atoms with Crippen molar-refractivity contribution in [1.82, 2.24) is 19.7 Å². The molecule has 15 heteroatoms. The molecule has 1 aliphatic rings. The van der Waals surface area contributed by atoms with Crippen LogP contribution in [0.2, 0.25) is 0 Å². The van der Waals surface area contributed by atoms with Gasteiger partial charge in [-0.3, -0.25) is 9.32 Å². The second kappa shape index (κ2) is 12.5. The Hall–Kier alpha value is -4.35. The van der Waals surface area contributed by atoms with Crippen molar-refractivity contribution in [3.63, 3.8) is 0 Å². The quantitative estimate of drug-likeness (QED) is 0.142. The number of aliphatic hydroxyl groups is 2. The number of nitrogens with zero attached hydrogens (tertiary/aromatic N) is 4. The predicted octanol–water partition coefficient (Wildman–Crippen LogP) is 2.08. The van der Waals surface area contributed by atoms with Gasteiger partial charge in [-0.05, 0) is 36.8 Å². The molecule has 6 atom stereocenters. The topological polar surface area (TPSA) is 204 Å². The SMILES string of the molecule is [2H]C([2H])(O[P@@](=O)(N[C@@H](C)C(=O)OCc1ccccc1)Oc1ccccc1)[C@H]1O[C@@](C#N)(c2ccc3c(N)ncnn23)[C@H](O)[C@@H]1O. The molecular formula is C28H29N6O8P. The molecule has 2 aromatic heterocycles. The minimum Gasteiger partial charge on any atom is -0.460 e. The maximum atomic E-state index is 14.1. The van der Waals surface area contributed by atoms with E-state index < -0.39 is 50.2 Å². The number of para-hydroxylation sites is 1. The first-order valence-electron chi connectivity index (χ1n) is 14.0. The molecule has 14 nitrogen and oxygen atoms in total. The molecule has 0 bridgehead atoms. The average molecular weight is 611 g/mol. The fraction of sp³-hybridized carbons (Fsp3) is 0.286. The fourth-order valence-electron chi connectivity index (χ4n) is 4.39. The van der Waals surface area contributed by atoms with Gasteiger partial charge in [0, 0.05) is 0 Å². The molecule has 1 fully saturated rings. The van der Waals surface area contributed by atoms with Crippen LogP contribution in [0.25, 0.3) is 5.52 Å². The van der Waals surface area contributed by atoms with Crippen LogP contribution in [0.4, 0.5) is 5.82 Å². The first-order chi connectivity index (χ1) is 21.4. The van der Waals surface area contributed by atoms with Gasteiger partial charge in [-0.2, -0.15) is 15.4 Å². The highest BCUT2D eigenvalue weighted by Crippen LogP contribution is 2.47. The number of carbonyl (C=O) groups excluding carboxylic acids is 1. The van der Waals surface area contributed by atoms with Crippen molar-refractivity contribution in [2.75, 3.05) is 12.3 Å². The number of aromatic nitrogens is 3. The summed E-state index contributed by atoms with van der Waals surface area (Å²) in [6, 6.07) is 19.7. The zero-order valence-corrected chi connectivity index (χ0v) is 23.6. The van der Waals surface area contributed by atoms with Crippen molar-refractivity contribution >= 4 is 25.1 Å². The van der Waals surface area contributed by atoms with Crippen molar-refractivity contribution < 1.29 is 40.8 Å². The van der Waals surface area contributed by atoms with Gasteiger partial charge in [-0.25, -0.2) is 14.1 Å². The summed E-state index contributed by atoms with van der Waals surface area (Å²) < 4.78 is 54.5. The van der Waals surface area contributed by atoms with Crippen LogP contribution < -0.4 is 15.3 Å². The Labute approximate surface area is 249 Å². The molecule has 1 aliphatic heterocycles. The van der Waals surface area contributed by atoms with Crippen molar-refractivity contribution in [3.05, 3.63) is 90.4 Å². The Morgan fingerprint density at radius 2 is 1.93 bits per heavy atom. The molecular weight excluding hydrogens is 579 g/mol. The summed E-state index contributed by atoms with van der Waals surface area (Å²) in [5, 5.41) is 38.6. The van der Waals surface area contributed by atoms with Gasteiger partial charge >= 0.3 is 13.7 Å². The van der Waals surface area contributed by atoms with E-state index in [4.69, 9.17) is 27.0 Å². The number of hydrogen-bond donors (Lipinski definition) is 4. The number of aliphatic hydroxyl groups excluding tert-OH is 2. The lowest BCUT2D eigenvalue weighted by Crippen LogP contribution is -2.41. The van der Waals surface area contributed by atoms with Crippen LogP contribution in [0.15, 0.2) is 79.1 Å². The molecule has 3 heterocycles. The van der Waals surface area contributed by atoms with Crippen molar-refractivity contribution in [2.45, 2.75) is 43.5 Å². The van der Waals surface area contributed by atoms with E-state index in [0.29, 0.717) is 5.56 Å². The highest BCUT2D eigenvalue weighted by molar-refractivity contribution is 7.52. The molecule has 2 aromatic carbocycles. The Bertz CT molecular complexity index is 1760. The van der Waals surface area contributed by atoms with Gasteiger partial charge in [0.1, 0.15) is 54.6 Å². The van der Waals surface area contributed by atoms with Gasteiger partial charge in [0.15, 0.2) is 5.82 Å². The van der Waals surface area contributed by atoms with E-state index in [2.05, 4.69) is 15.2 Å². The summed E-state index contributed by atoms with van der Waals surface area (Å²) in [6.07, 6.45) is -5.12. The number of hydrogen-bond acceptors (Lipinski definition) is 12. The summed E-state index contributed by atoms with van der Waals surface area (Å²) in [4.78, 5) is 16.7. The minimum atomic E-state index is -4.85. The van der Waals surface area contributed by atoms with Crippen molar-refractivity contribution in [1.29, 1.82) is 5.26 Å². The van der Waals surface area contributed by atoms with E-state index in [0.717, 1.165) is 10.8 Å². The lowest BCUT2D eigenvalue weighted by atomic mass is 9.92. The monoisotopic (exact) mass is 610 g/mol. The lowest BCUT2D eigenvalue weighted by molar-refractivity contribution is -0.146. The molecule has 0 saturated carbocycles. The number of nitrogen functional groups attached to an aromatic ring is 1. The fourth-order valence-corrected chi connectivity index (χ4v) is 5.76.